The molecule has 0 aliphatic rings. The molecule has 1 aromatic heterocycles. The highest BCUT2D eigenvalue weighted by Crippen LogP contribution is 2.28. The van der Waals surface area contributed by atoms with Crippen LogP contribution in [0.5, 0.6) is 0 Å². The number of carbonyl (C=O) groups is 1. The van der Waals surface area contributed by atoms with Gasteiger partial charge in [0.05, 0.1) is 5.02 Å². The van der Waals surface area contributed by atoms with Crippen LogP contribution in [0.25, 0.3) is 11.4 Å². The summed E-state index contributed by atoms with van der Waals surface area (Å²) in [5.41, 5.74) is 0.266. The molecule has 146 valence electrons. The second-order valence-corrected chi connectivity index (χ2v) is 6.42. The third kappa shape index (κ3) is 3.87. The molecule has 0 fully saturated rings. The van der Waals surface area contributed by atoms with E-state index in [-0.39, 0.29) is 22.2 Å². The van der Waals surface area contributed by atoms with Gasteiger partial charge >= 0.3 is 0 Å². The van der Waals surface area contributed by atoms with E-state index < -0.39 is 29.4 Å². The maximum Gasteiger partial charge on any atom is 0.217 e. The Hall–Kier alpha value is -2.87. The van der Waals surface area contributed by atoms with Gasteiger partial charge in [-0.15, -0.1) is 0 Å². The molecule has 0 saturated carbocycles. The van der Waals surface area contributed by atoms with Crippen LogP contribution in [0.4, 0.5) is 13.2 Å². The zero-order chi connectivity index (χ0) is 20.4. The molecule has 1 amide bonds. The first-order valence-corrected chi connectivity index (χ1v) is 8.80. The lowest BCUT2D eigenvalue weighted by Gasteiger charge is -2.18. The van der Waals surface area contributed by atoms with Crippen LogP contribution in [0.1, 0.15) is 31.3 Å². The lowest BCUT2D eigenvalue weighted by Crippen LogP contribution is -2.30. The molecule has 2 aromatic carbocycles. The van der Waals surface area contributed by atoms with E-state index in [1.807, 2.05) is 0 Å². The fraction of sp³-hybridized carbons (Fsp3) is 0.211. The summed E-state index contributed by atoms with van der Waals surface area (Å²) in [7, 11) is 0. The van der Waals surface area contributed by atoms with Crippen LogP contribution in [0.2, 0.25) is 5.02 Å². The van der Waals surface area contributed by atoms with Gasteiger partial charge < -0.3 is 5.32 Å². The van der Waals surface area contributed by atoms with Gasteiger partial charge in [0.25, 0.3) is 0 Å². The fourth-order valence-corrected chi connectivity index (χ4v) is 2.90. The Balaban J connectivity index is 2.14. The van der Waals surface area contributed by atoms with Crippen molar-refractivity contribution in [1.29, 1.82) is 0 Å². The fourth-order valence-electron chi connectivity index (χ4n) is 2.79. The van der Waals surface area contributed by atoms with Gasteiger partial charge in [0, 0.05) is 24.6 Å². The summed E-state index contributed by atoms with van der Waals surface area (Å²) in [4.78, 5) is 16.1. The van der Waals surface area contributed by atoms with Crippen LogP contribution in [0.3, 0.4) is 0 Å². The Kier molecular flexibility index (Phi) is 5.69. The van der Waals surface area contributed by atoms with Gasteiger partial charge in [0.1, 0.15) is 11.9 Å². The molecule has 3 aromatic rings. The van der Waals surface area contributed by atoms with Crippen molar-refractivity contribution in [1.82, 2.24) is 20.1 Å². The predicted octanol–water partition coefficient (Wildman–Crippen LogP) is 4.26. The zero-order valence-corrected chi connectivity index (χ0v) is 15.8. The largest absolute Gasteiger partial charge is 0.342 e. The van der Waals surface area contributed by atoms with Crippen molar-refractivity contribution < 1.29 is 18.0 Å². The number of nitrogens with one attached hydrogen (secondary N) is 1. The SMILES string of the molecule is CCn1nc(-c2ccc(Cl)c(F)c2)nc1C(NC(C)=O)c1cccc(F)c1F. The van der Waals surface area contributed by atoms with Gasteiger partial charge in [0.15, 0.2) is 23.3 Å². The topological polar surface area (TPSA) is 59.8 Å². The summed E-state index contributed by atoms with van der Waals surface area (Å²) in [5.74, 6) is -2.88. The maximum absolute atomic E-state index is 14.4. The summed E-state index contributed by atoms with van der Waals surface area (Å²) in [6.45, 7) is 3.37. The molecule has 1 atom stereocenters. The molecule has 1 N–H and O–H groups in total. The van der Waals surface area contributed by atoms with Crippen molar-refractivity contribution in [2.75, 3.05) is 0 Å². The number of aromatic nitrogens is 3. The number of hydrogen-bond acceptors (Lipinski definition) is 3. The summed E-state index contributed by atoms with van der Waals surface area (Å²) in [5, 5.41) is 6.84. The Bertz CT molecular complexity index is 1040. The van der Waals surface area contributed by atoms with E-state index in [0.717, 1.165) is 6.07 Å². The smallest absolute Gasteiger partial charge is 0.217 e. The molecule has 0 spiro atoms. The Labute approximate surface area is 164 Å². The molecular formula is C19H16ClF3N4O. The average Bonchev–Trinajstić information content (AvgIpc) is 3.08. The highest BCUT2D eigenvalue weighted by Gasteiger charge is 2.27. The second-order valence-electron chi connectivity index (χ2n) is 6.01. The summed E-state index contributed by atoms with van der Waals surface area (Å²) >= 11 is 5.71. The van der Waals surface area contributed by atoms with Crippen molar-refractivity contribution in [3.63, 3.8) is 0 Å². The molecule has 1 heterocycles. The quantitative estimate of drug-likeness (QED) is 0.686. The van der Waals surface area contributed by atoms with E-state index in [2.05, 4.69) is 15.4 Å². The van der Waals surface area contributed by atoms with E-state index in [9.17, 15) is 18.0 Å². The molecule has 0 aliphatic heterocycles. The number of hydrogen-bond donors (Lipinski definition) is 1. The van der Waals surface area contributed by atoms with E-state index in [1.165, 1.54) is 35.9 Å². The van der Waals surface area contributed by atoms with Gasteiger partial charge in [-0.1, -0.05) is 23.7 Å². The van der Waals surface area contributed by atoms with Gasteiger partial charge in [-0.05, 0) is 31.2 Å². The predicted molar refractivity (Wildman–Crippen MR) is 98.1 cm³/mol. The standard InChI is InChI=1S/C19H16ClF3N4O/c1-3-27-19(25-18(26-27)11-7-8-13(20)15(22)9-11)17(24-10(2)28)12-5-4-6-14(21)16(12)23/h4-9,17H,3H2,1-2H3,(H,24,28). The summed E-state index contributed by atoms with van der Waals surface area (Å²) in [6.07, 6.45) is 0. The van der Waals surface area contributed by atoms with Crippen molar-refractivity contribution in [3.8, 4) is 11.4 Å². The molecule has 3 rings (SSSR count). The highest BCUT2D eigenvalue weighted by molar-refractivity contribution is 6.30. The van der Waals surface area contributed by atoms with Crippen LogP contribution in [0, 0.1) is 17.5 Å². The molecule has 0 aliphatic carbocycles. The Morgan fingerprint density at radius 3 is 2.61 bits per heavy atom. The normalized spacial score (nSPS) is 12.1. The van der Waals surface area contributed by atoms with E-state index >= 15 is 0 Å². The van der Waals surface area contributed by atoms with E-state index in [1.54, 1.807) is 13.0 Å². The second kappa shape index (κ2) is 8.02. The Morgan fingerprint density at radius 1 is 1.21 bits per heavy atom. The lowest BCUT2D eigenvalue weighted by atomic mass is 10.0. The maximum atomic E-state index is 14.4. The number of benzene rings is 2. The molecular weight excluding hydrogens is 393 g/mol. The van der Waals surface area contributed by atoms with Crippen LogP contribution in [0.15, 0.2) is 36.4 Å². The number of nitrogens with zero attached hydrogens (tertiary/aromatic N) is 3. The lowest BCUT2D eigenvalue weighted by molar-refractivity contribution is -0.119. The highest BCUT2D eigenvalue weighted by atomic mass is 35.5. The van der Waals surface area contributed by atoms with Crippen molar-refractivity contribution >= 4 is 17.5 Å². The molecule has 5 nitrogen and oxygen atoms in total. The van der Waals surface area contributed by atoms with Crippen molar-refractivity contribution in [3.05, 3.63) is 70.3 Å². The minimum absolute atomic E-state index is 0.0446. The molecule has 28 heavy (non-hydrogen) atoms. The van der Waals surface area contributed by atoms with E-state index in [4.69, 9.17) is 11.6 Å². The number of carbonyl (C=O) groups excluding carboxylic acids is 1. The van der Waals surface area contributed by atoms with Crippen LogP contribution in [-0.4, -0.2) is 20.7 Å². The van der Waals surface area contributed by atoms with E-state index in [0.29, 0.717) is 12.1 Å². The minimum atomic E-state index is -1.09. The van der Waals surface area contributed by atoms with Gasteiger partial charge in [-0.3, -0.25) is 4.79 Å². The van der Waals surface area contributed by atoms with Gasteiger partial charge in [0.2, 0.25) is 5.91 Å². The molecule has 1 unspecified atom stereocenters. The number of amides is 1. The number of halogens is 4. The van der Waals surface area contributed by atoms with Gasteiger partial charge in [-0.25, -0.2) is 22.8 Å². The van der Waals surface area contributed by atoms with Gasteiger partial charge in [-0.2, -0.15) is 5.10 Å². The first-order chi connectivity index (χ1) is 13.3. The first kappa shape index (κ1) is 19.9. The Morgan fingerprint density at radius 2 is 1.96 bits per heavy atom. The van der Waals surface area contributed by atoms with Crippen LogP contribution < -0.4 is 5.32 Å². The molecule has 0 radical (unpaired) electrons. The van der Waals surface area contributed by atoms with Crippen molar-refractivity contribution in [2.24, 2.45) is 0 Å². The molecule has 0 bridgehead atoms. The molecule has 9 heteroatoms. The summed E-state index contributed by atoms with van der Waals surface area (Å²) in [6, 6.07) is 6.69. The number of rotatable bonds is 5. The monoisotopic (exact) mass is 408 g/mol. The average molecular weight is 409 g/mol. The third-order valence-electron chi connectivity index (χ3n) is 4.08. The first-order valence-electron chi connectivity index (χ1n) is 8.43. The zero-order valence-electron chi connectivity index (χ0n) is 15.0. The minimum Gasteiger partial charge on any atom is -0.342 e. The summed E-state index contributed by atoms with van der Waals surface area (Å²) < 4.78 is 43.4. The van der Waals surface area contributed by atoms with Crippen molar-refractivity contribution in [2.45, 2.75) is 26.4 Å². The number of aryl methyl sites for hydroxylation is 1. The molecule has 0 saturated heterocycles. The third-order valence-corrected chi connectivity index (χ3v) is 4.38. The van der Waals surface area contributed by atoms with Crippen LogP contribution in [-0.2, 0) is 11.3 Å². The van der Waals surface area contributed by atoms with Crippen LogP contribution >= 0.6 is 11.6 Å².